The van der Waals surface area contributed by atoms with E-state index in [1.165, 1.54) is 44.9 Å². The highest BCUT2D eigenvalue weighted by atomic mass is 16.6. The fourth-order valence-electron chi connectivity index (χ4n) is 6.76. The Hall–Kier alpha value is -4.19. The molecular formula is C60H96O6. The molecule has 0 bridgehead atoms. The summed E-state index contributed by atoms with van der Waals surface area (Å²) in [7, 11) is 0. The van der Waals surface area contributed by atoms with Crippen LogP contribution in [0.25, 0.3) is 0 Å². The molecule has 0 saturated heterocycles. The molecule has 0 rings (SSSR count). The number of allylic oxidation sites excluding steroid dienone is 20. The van der Waals surface area contributed by atoms with E-state index in [1.54, 1.807) is 0 Å². The van der Waals surface area contributed by atoms with Gasteiger partial charge in [-0.25, -0.2) is 0 Å². The summed E-state index contributed by atoms with van der Waals surface area (Å²) in [5.41, 5.74) is 0. The van der Waals surface area contributed by atoms with E-state index in [4.69, 9.17) is 14.2 Å². The van der Waals surface area contributed by atoms with Gasteiger partial charge < -0.3 is 14.2 Å². The fraction of sp³-hybridized carbons (Fsp3) is 0.617. The standard InChI is InChI=1S/C60H96O6/c1-4-7-10-13-15-17-19-20-21-22-23-24-25-26-27-28-29-30-31-32-33-34-35-36-37-38-39-40-41-43-44-47-50-53-59(62)65-56-57(55-64-58(61)52-49-46-12-9-6-3)66-60(63)54-51-48-45-42-18-16-14-11-8-5-2/h7,10,15,17,20-21,23-24,26-27,29-30,32-33,35-36,38-39,41,43,57H,4-6,8-9,11-14,16,18-19,22,25,28,31,34,37,40,42,44-56H2,1-3H3/b10-7-,17-15-,21-20-,24-23-,27-26-,30-29-,33-32-,36-35-,39-38-,43-41-. The first kappa shape index (κ1) is 61.8. The summed E-state index contributed by atoms with van der Waals surface area (Å²) in [6, 6.07) is 0. The van der Waals surface area contributed by atoms with Crippen LogP contribution in [0.1, 0.15) is 220 Å². The SMILES string of the molecule is CC/C=C\C/C=C\C/C=C\C/C=C\C/C=C\C/C=C\C/C=C\C/C=C\C/C=C\C/C=C\CCCCC(=O)OCC(COC(=O)CCCCCCC)OC(=O)CCCCCCCCCCCC. The summed E-state index contributed by atoms with van der Waals surface area (Å²) < 4.78 is 16.6. The maximum atomic E-state index is 12.7. The predicted octanol–water partition coefficient (Wildman–Crippen LogP) is 17.7. The van der Waals surface area contributed by atoms with Gasteiger partial charge in [0.15, 0.2) is 6.10 Å². The smallest absolute Gasteiger partial charge is 0.306 e. The van der Waals surface area contributed by atoms with Gasteiger partial charge in [0.05, 0.1) is 0 Å². The fourth-order valence-corrected chi connectivity index (χ4v) is 6.76. The van der Waals surface area contributed by atoms with Crippen molar-refractivity contribution < 1.29 is 28.6 Å². The Labute approximate surface area is 405 Å². The normalized spacial score (nSPS) is 13.1. The van der Waals surface area contributed by atoms with Gasteiger partial charge in [-0.1, -0.05) is 226 Å². The molecule has 0 aromatic rings. The maximum Gasteiger partial charge on any atom is 0.306 e. The second-order valence-electron chi connectivity index (χ2n) is 17.1. The molecule has 1 atom stereocenters. The maximum absolute atomic E-state index is 12.7. The van der Waals surface area contributed by atoms with E-state index in [1.807, 2.05) is 0 Å². The van der Waals surface area contributed by atoms with Crippen LogP contribution in [0, 0.1) is 0 Å². The van der Waals surface area contributed by atoms with Gasteiger partial charge in [-0.15, -0.1) is 0 Å². The van der Waals surface area contributed by atoms with E-state index in [0.717, 1.165) is 135 Å². The quantitative estimate of drug-likeness (QED) is 0.0262. The van der Waals surface area contributed by atoms with Crippen LogP contribution in [0.15, 0.2) is 122 Å². The van der Waals surface area contributed by atoms with Crippen LogP contribution in [0.2, 0.25) is 0 Å². The van der Waals surface area contributed by atoms with Gasteiger partial charge in [-0.2, -0.15) is 0 Å². The zero-order valence-corrected chi connectivity index (χ0v) is 42.4. The first-order valence-electron chi connectivity index (χ1n) is 26.5. The molecule has 0 radical (unpaired) electrons. The highest BCUT2D eigenvalue weighted by Crippen LogP contribution is 2.13. The largest absolute Gasteiger partial charge is 0.462 e. The van der Waals surface area contributed by atoms with E-state index in [0.29, 0.717) is 19.3 Å². The van der Waals surface area contributed by atoms with Crippen molar-refractivity contribution in [1.82, 2.24) is 0 Å². The number of carbonyl (C=O) groups excluding carboxylic acids is 3. The van der Waals surface area contributed by atoms with Crippen molar-refractivity contribution in [1.29, 1.82) is 0 Å². The lowest BCUT2D eigenvalue weighted by atomic mass is 10.1. The van der Waals surface area contributed by atoms with Crippen LogP contribution in [0.3, 0.4) is 0 Å². The van der Waals surface area contributed by atoms with Crippen molar-refractivity contribution in [3.8, 4) is 0 Å². The van der Waals surface area contributed by atoms with Gasteiger partial charge in [0, 0.05) is 19.3 Å². The minimum Gasteiger partial charge on any atom is -0.462 e. The van der Waals surface area contributed by atoms with E-state index in [9.17, 15) is 14.4 Å². The minimum absolute atomic E-state index is 0.0932. The first-order valence-corrected chi connectivity index (χ1v) is 26.5. The predicted molar refractivity (Wildman–Crippen MR) is 283 cm³/mol. The molecule has 6 nitrogen and oxygen atoms in total. The monoisotopic (exact) mass is 913 g/mol. The van der Waals surface area contributed by atoms with E-state index >= 15 is 0 Å². The summed E-state index contributed by atoms with van der Waals surface area (Å²) in [6.07, 6.45) is 73.8. The topological polar surface area (TPSA) is 78.9 Å². The molecule has 0 spiro atoms. The zero-order valence-electron chi connectivity index (χ0n) is 42.4. The van der Waals surface area contributed by atoms with Crippen LogP contribution >= 0.6 is 0 Å². The lowest BCUT2D eigenvalue weighted by Crippen LogP contribution is -2.30. The van der Waals surface area contributed by atoms with E-state index < -0.39 is 6.10 Å². The van der Waals surface area contributed by atoms with Gasteiger partial charge in [0.25, 0.3) is 0 Å². The third-order valence-corrected chi connectivity index (χ3v) is 10.7. The van der Waals surface area contributed by atoms with Gasteiger partial charge in [0.2, 0.25) is 0 Å². The highest BCUT2D eigenvalue weighted by molar-refractivity contribution is 5.71. The average Bonchev–Trinajstić information content (AvgIpc) is 3.31. The molecule has 0 saturated carbocycles. The summed E-state index contributed by atoms with van der Waals surface area (Å²) in [5, 5.41) is 0. The van der Waals surface area contributed by atoms with E-state index in [2.05, 4.69) is 142 Å². The van der Waals surface area contributed by atoms with Crippen molar-refractivity contribution in [3.63, 3.8) is 0 Å². The second-order valence-corrected chi connectivity index (χ2v) is 17.1. The van der Waals surface area contributed by atoms with Crippen molar-refractivity contribution in [2.24, 2.45) is 0 Å². The molecule has 0 aromatic carbocycles. The number of hydrogen-bond acceptors (Lipinski definition) is 6. The summed E-state index contributed by atoms with van der Waals surface area (Å²) in [6.45, 7) is 6.36. The Morgan fingerprint density at radius 2 is 0.591 bits per heavy atom. The molecule has 0 aliphatic carbocycles. The van der Waals surface area contributed by atoms with Crippen LogP contribution in [-0.4, -0.2) is 37.2 Å². The number of ether oxygens (including phenoxy) is 3. The van der Waals surface area contributed by atoms with Crippen molar-refractivity contribution in [2.75, 3.05) is 13.2 Å². The number of esters is 3. The molecule has 0 aromatic heterocycles. The molecule has 6 heteroatoms. The molecule has 66 heavy (non-hydrogen) atoms. The lowest BCUT2D eigenvalue weighted by Gasteiger charge is -2.18. The molecule has 372 valence electrons. The molecule has 0 N–H and O–H groups in total. The van der Waals surface area contributed by atoms with E-state index in [-0.39, 0.29) is 31.1 Å². The third kappa shape index (κ3) is 50.8. The van der Waals surface area contributed by atoms with Crippen molar-refractivity contribution >= 4 is 17.9 Å². The number of rotatable bonds is 46. The second kappa shape index (κ2) is 53.4. The summed E-state index contributed by atoms with van der Waals surface area (Å²) >= 11 is 0. The van der Waals surface area contributed by atoms with Crippen LogP contribution in [0.4, 0.5) is 0 Å². The Morgan fingerprint density at radius 1 is 0.318 bits per heavy atom. The molecule has 0 fully saturated rings. The zero-order chi connectivity index (χ0) is 47.9. The van der Waals surface area contributed by atoms with Gasteiger partial charge in [-0.05, 0) is 96.3 Å². The van der Waals surface area contributed by atoms with Crippen LogP contribution in [-0.2, 0) is 28.6 Å². The molecular weight excluding hydrogens is 817 g/mol. The van der Waals surface area contributed by atoms with Crippen LogP contribution in [0.5, 0.6) is 0 Å². The highest BCUT2D eigenvalue weighted by Gasteiger charge is 2.19. The Balaban J connectivity index is 4.15. The average molecular weight is 913 g/mol. The van der Waals surface area contributed by atoms with Gasteiger partial charge in [-0.3, -0.25) is 14.4 Å². The first-order chi connectivity index (χ1) is 32.5. The van der Waals surface area contributed by atoms with Gasteiger partial charge >= 0.3 is 17.9 Å². The number of unbranched alkanes of at least 4 members (excludes halogenated alkanes) is 15. The molecule has 0 heterocycles. The lowest BCUT2D eigenvalue weighted by molar-refractivity contribution is -0.167. The Kier molecular flexibility index (Phi) is 50.0. The summed E-state index contributed by atoms with van der Waals surface area (Å²) in [4.78, 5) is 37.5. The van der Waals surface area contributed by atoms with Gasteiger partial charge in [0.1, 0.15) is 13.2 Å². The third-order valence-electron chi connectivity index (χ3n) is 10.7. The van der Waals surface area contributed by atoms with Crippen molar-refractivity contribution in [2.45, 2.75) is 226 Å². The Morgan fingerprint density at radius 3 is 0.924 bits per heavy atom. The molecule has 0 aliphatic rings. The van der Waals surface area contributed by atoms with Crippen LogP contribution < -0.4 is 0 Å². The molecule has 0 aliphatic heterocycles. The molecule has 0 amide bonds. The number of carbonyl (C=O) groups is 3. The molecule has 1 unspecified atom stereocenters. The summed E-state index contributed by atoms with van der Waals surface area (Å²) in [5.74, 6) is -0.963. The Bertz CT molecular complexity index is 1420. The number of hydrogen-bond donors (Lipinski definition) is 0. The minimum atomic E-state index is -0.790. The van der Waals surface area contributed by atoms with Crippen molar-refractivity contribution in [3.05, 3.63) is 122 Å².